The molecule has 0 aliphatic heterocycles. The van der Waals surface area contributed by atoms with Crippen LogP contribution in [-0.2, 0) is 14.9 Å². The zero-order valence-corrected chi connectivity index (χ0v) is 12.0. The average molecular weight is 267 g/mol. The van der Waals surface area contributed by atoms with E-state index in [1.807, 2.05) is 19.9 Å². The number of hydrogen-bond acceptors (Lipinski definition) is 4. The molecule has 0 bridgehead atoms. The van der Waals surface area contributed by atoms with Crippen LogP contribution < -0.4 is 5.73 Å². The van der Waals surface area contributed by atoms with Gasteiger partial charge >= 0.3 is 5.97 Å². The number of ether oxygens (including phenoxy) is 1. The summed E-state index contributed by atoms with van der Waals surface area (Å²) in [5.74, 6) is 0.323. The molecule has 18 heavy (non-hydrogen) atoms. The minimum absolute atomic E-state index is 0.172. The van der Waals surface area contributed by atoms with Crippen LogP contribution in [0, 0.1) is 5.92 Å². The Morgan fingerprint density at radius 3 is 2.61 bits per heavy atom. The molecule has 2 rings (SSSR count). The van der Waals surface area contributed by atoms with E-state index in [4.69, 9.17) is 10.5 Å². The van der Waals surface area contributed by atoms with Gasteiger partial charge in [-0.25, -0.2) is 0 Å². The van der Waals surface area contributed by atoms with E-state index in [1.165, 1.54) is 12.0 Å². The van der Waals surface area contributed by atoms with Crippen LogP contribution in [0.15, 0.2) is 17.5 Å². The molecular formula is C14H21NO2S. The molecule has 1 aromatic rings. The lowest BCUT2D eigenvalue weighted by Crippen LogP contribution is -2.56. The van der Waals surface area contributed by atoms with Crippen molar-refractivity contribution in [2.75, 3.05) is 7.11 Å². The van der Waals surface area contributed by atoms with Gasteiger partial charge in [0.05, 0.1) is 13.5 Å². The molecule has 0 aromatic carbocycles. The standard InChI is InChI=1S/C14H21NO2S/c1-13(2,15)14(10-6-7-10,9-12(16)17-3)11-5-4-8-18-11/h4-5,8,10H,6-7,9,15H2,1-3H3. The third-order valence-electron chi connectivity index (χ3n) is 4.04. The molecule has 1 fully saturated rings. The first kappa shape index (κ1) is 13.6. The van der Waals surface area contributed by atoms with Gasteiger partial charge in [0.1, 0.15) is 0 Å². The molecule has 0 spiro atoms. The van der Waals surface area contributed by atoms with Gasteiger partial charge in [-0.2, -0.15) is 0 Å². The number of thiophene rings is 1. The number of carbonyl (C=O) groups excluding carboxylic acids is 1. The van der Waals surface area contributed by atoms with Gasteiger partial charge in [-0.05, 0) is 44.1 Å². The van der Waals surface area contributed by atoms with Gasteiger partial charge in [0.25, 0.3) is 0 Å². The topological polar surface area (TPSA) is 52.3 Å². The van der Waals surface area contributed by atoms with Crippen molar-refractivity contribution < 1.29 is 9.53 Å². The summed E-state index contributed by atoms with van der Waals surface area (Å²) in [5, 5.41) is 2.05. The molecule has 0 saturated heterocycles. The molecule has 1 heterocycles. The second-order valence-electron chi connectivity index (χ2n) is 5.70. The Morgan fingerprint density at radius 2 is 2.22 bits per heavy atom. The fourth-order valence-electron chi connectivity index (χ4n) is 2.91. The second kappa shape index (κ2) is 4.67. The van der Waals surface area contributed by atoms with Crippen molar-refractivity contribution in [1.29, 1.82) is 0 Å². The second-order valence-corrected chi connectivity index (χ2v) is 6.65. The molecule has 1 aliphatic rings. The number of carbonyl (C=O) groups is 1. The van der Waals surface area contributed by atoms with Crippen molar-refractivity contribution in [1.82, 2.24) is 0 Å². The molecule has 4 heteroatoms. The van der Waals surface area contributed by atoms with Gasteiger partial charge in [-0.1, -0.05) is 6.07 Å². The van der Waals surface area contributed by atoms with Crippen LogP contribution in [0.3, 0.4) is 0 Å². The Labute approximate surface area is 112 Å². The third-order valence-corrected chi connectivity index (χ3v) is 5.08. The van der Waals surface area contributed by atoms with E-state index >= 15 is 0 Å². The van der Waals surface area contributed by atoms with Crippen molar-refractivity contribution in [3.63, 3.8) is 0 Å². The zero-order chi connectivity index (χ0) is 13.4. The highest BCUT2D eigenvalue weighted by atomic mass is 32.1. The van der Waals surface area contributed by atoms with E-state index in [-0.39, 0.29) is 11.4 Å². The van der Waals surface area contributed by atoms with Gasteiger partial charge in [-0.15, -0.1) is 11.3 Å². The number of methoxy groups -OCH3 is 1. The van der Waals surface area contributed by atoms with E-state index in [0.717, 1.165) is 12.8 Å². The summed E-state index contributed by atoms with van der Waals surface area (Å²) in [5.41, 5.74) is 5.73. The molecule has 0 amide bonds. The Morgan fingerprint density at radius 1 is 1.56 bits per heavy atom. The Bertz CT molecular complexity index is 418. The Kier molecular flexibility index (Phi) is 3.52. The van der Waals surface area contributed by atoms with Gasteiger partial charge in [-0.3, -0.25) is 4.79 Å². The van der Waals surface area contributed by atoms with Crippen molar-refractivity contribution in [3.8, 4) is 0 Å². The van der Waals surface area contributed by atoms with Crippen molar-refractivity contribution in [2.45, 2.75) is 44.1 Å². The van der Waals surface area contributed by atoms with Crippen LogP contribution in [0.4, 0.5) is 0 Å². The SMILES string of the molecule is COC(=O)CC(c1cccs1)(C1CC1)C(C)(C)N. The van der Waals surface area contributed by atoms with Crippen molar-refractivity contribution in [2.24, 2.45) is 11.7 Å². The third kappa shape index (κ3) is 2.19. The summed E-state index contributed by atoms with van der Waals surface area (Å²) < 4.78 is 4.89. The van der Waals surface area contributed by atoms with Crippen LogP contribution in [0.2, 0.25) is 0 Å². The minimum atomic E-state index is -0.437. The predicted octanol–water partition coefficient (Wildman–Crippen LogP) is 2.70. The van der Waals surface area contributed by atoms with E-state index < -0.39 is 5.54 Å². The summed E-state index contributed by atoms with van der Waals surface area (Å²) >= 11 is 1.69. The molecule has 1 unspecified atom stereocenters. The fraction of sp³-hybridized carbons (Fsp3) is 0.643. The maximum atomic E-state index is 11.8. The van der Waals surface area contributed by atoms with Crippen LogP contribution in [0.25, 0.3) is 0 Å². The van der Waals surface area contributed by atoms with Gasteiger partial charge in [0, 0.05) is 15.8 Å². The first-order valence-corrected chi connectivity index (χ1v) is 7.19. The average Bonchev–Trinajstić information content (AvgIpc) is 2.99. The van der Waals surface area contributed by atoms with Crippen LogP contribution in [0.5, 0.6) is 0 Å². The first-order chi connectivity index (χ1) is 8.41. The summed E-state index contributed by atoms with van der Waals surface area (Å²) in [7, 11) is 1.44. The molecule has 2 N–H and O–H groups in total. The number of esters is 1. The normalized spacial score (nSPS) is 19.3. The molecule has 100 valence electrons. The van der Waals surface area contributed by atoms with E-state index in [0.29, 0.717) is 12.3 Å². The van der Waals surface area contributed by atoms with Crippen LogP contribution in [0.1, 0.15) is 38.0 Å². The fourth-order valence-corrected chi connectivity index (χ4v) is 4.09. The lowest BCUT2D eigenvalue weighted by molar-refractivity contribution is -0.143. The Hall–Kier alpha value is -0.870. The summed E-state index contributed by atoms with van der Waals surface area (Å²) in [6, 6.07) is 4.13. The predicted molar refractivity (Wildman–Crippen MR) is 73.6 cm³/mol. The highest BCUT2D eigenvalue weighted by Crippen LogP contribution is 2.55. The first-order valence-electron chi connectivity index (χ1n) is 6.31. The molecule has 1 aliphatic carbocycles. The van der Waals surface area contributed by atoms with Crippen molar-refractivity contribution >= 4 is 17.3 Å². The summed E-state index contributed by atoms with van der Waals surface area (Å²) in [6.45, 7) is 4.04. The van der Waals surface area contributed by atoms with Crippen LogP contribution >= 0.6 is 11.3 Å². The smallest absolute Gasteiger partial charge is 0.306 e. The van der Waals surface area contributed by atoms with E-state index in [2.05, 4.69) is 11.4 Å². The van der Waals surface area contributed by atoms with Crippen LogP contribution in [-0.4, -0.2) is 18.6 Å². The number of hydrogen-bond donors (Lipinski definition) is 1. The van der Waals surface area contributed by atoms with Gasteiger partial charge in [0.15, 0.2) is 0 Å². The molecule has 0 radical (unpaired) electrons. The lowest BCUT2D eigenvalue weighted by Gasteiger charge is -2.44. The maximum absolute atomic E-state index is 11.8. The number of rotatable bonds is 5. The van der Waals surface area contributed by atoms with Gasteiger partial charge < -0.3 is 10.5 Å². The summed E-state index contributed by atoms with van der Waals surface area (Å²) in [4.78, 5) is 13.0. The highest BCUT2D eigenvalue weighted by molar-refractivity contribution is 7.10. The molecule has 1 saturated carbocycles. The monoisotopic (exact) mass is 267 g/mol. The molecule has 1 aromatic heterocycles. The highest BCUT2D eigenvalue weighted by Gasteiger charge is 2.55. The zero-order valence-electron chi connectivity index (χ0n) is 11.2. The lowest BCUT2D eigenvalue weighted by atomic mass is 9.65. The van der Waals surface area contributed by atoms with E-state index in [1.54, 1.807) is 11.3 Å². The minimum Gasteiger partial charge on any atom is -0.469 e. The number of nitrogens with two attached hydrogens (primary N) is 1. The quantitative estimate of drug-likeness (QED) is 0.835. The van der Waals surface area contributed by atoms with Crippen molar-refractivity contribution in [3.05, 3.63) is 22.4 Å². The molecular weight excluding hydrogens is 246 g/mol. The molecule has 1 atom stereocenters. The van der Waals surface area contributed by atoms with E-state index in [9.17, 15) is 4.79 Å². The summed E-state index contributed by atoms with van der Waals surface area (Å²) in [6.07, 6.45) is 2.67. The maximum Gasteiger partial charge on any atom is 0.306 e. The van der Waals surface area contributed by atoms with Gasteiger partial charge in [0.2, 0.25) is 0 Å². The molecule has 3 nitrogen and oxygen atoms in total. The largest absolute Gasteiger partial charge is 0.469 e. The Balaban J connectivity index is 2.45.